The number of carbonyl (C=O) groups excluding carboxylic acids is 2. The van der Waals surface area contributed by atoms with Gasteiger partial charge in [-0.25, -0.2) is 19.6 Å². The Morgan fingerprint density at radius 2 is 1.71 bits per heavy atom. The van der Waals surface area contributed by atoms with Crippen LogP contribution in [-0.2, 0) is 24.0 Å². The number of amides is 2. The average molecular weight is 459 g/mol. The number of guanidine groups is 1. The molecule has 0 bridgehead atoms. The van der Waals surface area contributed by atoms with Crippen molar-refractivity contribution in [2.45, 2.75) is 43.6 Å². The number of hydroxylamine groups is 2. The minimum atomic E-state index is -5.08. The van der Waals surface area contributed by atoms with E-state index in [9.17, 15) is 37.8 Å². The summed E-state index contributed by atoms with van der Waals surface area (Å²) in [4.78, 5) is 52.9. The van der Waals surface area contributed by atoms with E-state index in [0.29, 0.717) is 0 Å². The van der Waals surface area contributed by atoms with Gasteiger partial charge in [0.1, 0.15) is 6.04 Å². The Labute approximate surface area is 173 Å². The number of carbonyl (C=O) groups is 4. The number of halogens is 3. The number of nitrogens with one attached hydrogen (secondary N) is 1. The third-order valence-electron chi connectivity index (χ3n) is 4.21. The van der Waals surface area contributed by atoms with Gasteiger partial charge in [0.25, 0.3) is 5.91 Å². The molecular formula is C15H24F3N5O8. The Hall–Kier alpha value is -3.14. The van der Waals surface area contributed by atoms with Gasteiger partial charge in [0.2, 0.25) is 5.91 Å². The van der Waals surface area contributed by atoms with Gasteiger partial charge in [-0.2, -0.15) is 13.2 Å². The quantitative estimate of drug-likeness (QED) is 0.146. The summed E-state index contributed by atoms with van der Waals surface area (Å²) in [7, 11) is 2.60. The number of alkyl halides is 3. The number of likely N-dealkylation sites (N-methyl/N-ethyl adjacent to an activating group) is 1. The van der Waals surface area contributed by atoms with Crippen LogP contribution < -0.4 is 16.8 Å². The predicted molar refractivity (Wildman–Crippen MR) is 96.0 cm³/mol. The van der Waals surface area contributed by atoms with Crippen molar-refractivity contribution in [2.24, 2.45) is 22.4 Å². The van der Waals surface area contributed by atoms with Crippen LogP contribution in [0.5, 0.6) is 0 Å². The maximum Gasteiger partial charge on any atom is 0.490 e. The number of hydrogen-bond acceptors (Lipinski definition) is 7. The summed E-state index contributed by atoms with van der Waals surface area (Å²) in [6, 6.07) is -2.02. The summed E-state index contributed by atoms with van der Waals surface area (Å²) in [5.41, 5.74) is 8.61. The summed E-state index contributed by atoms with van der Waals surface area (Å²) in [6.07, 6.45) is -5.68. The third kappa shape index (κ3) is 8.25. The van der Waals surface area contributed by atoms with Gasteiger partial charge in [0.05, 0.1) is 13.2 Å². The first-order valence-corrected chi connectivity index (χ1v) is 8.39. The molecular weight excluding hydrogens is 435 g/mol. The van der Waals surface area contributed by atoms with E-state index >= 15 is 0 Å². The molecule has 0 heterocycles. The van der Waals surface area contributed by atoms with Crippen LogP contribution in [0.25, 0.3) is 0 Å². The highest BCUT2D eigenvalue weighted by Crippen LogP contribution is 2.39. The van der Waals surface area contributed by atoms with Crippen molar-refractivity contribution >= 4 is 29.7 Å². The number of carboxylic acid groups (broad SMARTS) is 2. The lowest BCUT2D eigenvalue weighted by molar-refractivity contribution is -0.192. The lowest BCUT2D eigenvalue weighted by Crippen LogP contribution is -2.52. The molecule has 16 heteroatoms. The Bertz CT molecular complexity index is 728. The van der Waals surface area contributed by atoms with Crippen LogP contribution in [0.15, 0.2) is 4.99 Å². The molecule has 0 aliphatic heterocycles. The van der Waals surface area contributed by atoms with E-state index in [-0.39, 0.29) is 18.8 Å². The normalized spacial score (nSPS) is 23.6. The molecule has 13 nitrogen and oxygen atoms in total. The fourth-order valence-electron chi connectivity index (χ4n) is 2.81. The molecule has 0 spiro atoms. The molecule has 178 valence electrons. The zero-order valence-corrected chi connectivity index (χ0v) is 16.7. The number of nitrogens with two attached hydrogens (primary N) is 2. The van der Waals surface area contributed by atoms with E-state index in [1.165, 1.54) is 21.1 Å². The third-order valence-corrected chi connectivity index (χ3v) is 4.21. The Morgan fingerprint density at radius 3 is 2.03 bits per heavy atom. The van der Waals surface area contributed by atoms with E-state index < -0.39 is 53.5 Å². The van der Waals surface area contributed by atoms with Gasteiger partial charge in [0.15, 0.2) is 11.6 Å². The van der Waals surface area contributed by atoms with Gasteiger partial charge in [-0.05, 0) is 6.42 Å². The molecule has 1 unspecified atom stereocenters. The molecule has 1 aliphatic rings. The standard InChI is InChI=1S/C13H23N5O6.C2HF3O2/c1-6(19)16-9(10(20)18(2)24-3)7-4-13(23,11(21)22)5-8(7)17-12(14)15;3-2(4,5)1(6)7/h7-9,23H,4-5H2,1-3H3,(H,16,19)(H,21,22)(H4,14,15,17);(H,6,7)/t7-,8-,9?,13+;/m0./s1. The Balaban J connectivity index is 0.00000110. The van der Waals surface area contributed by atoms with Gasteiger partial charge < -0.3 is 32.1 Å². The highest BCUT2D eigenvalue weighted by atomic mass is 19.4. The van der Waals surface area contributed by atoms with Crippen molar-refractivity contribution in [1.29, 1.82) is 0 Å². The van der Waals surface area contributed by atoms with Gasteiger partial charge >= 0.3 is 18.1 Å². The van der Waals surface area contributed by atoms with Crippen molar-refractivity contribution in [3.8, 4) is 0 Å². The van der Waals surface area contributed by atoms with Crippen LogP contribution in [0.3, 0.4) is 0 Å². The van der Waals surface area contributed by atoms with Crippen molar-refractivity contribution in [2.75, 3.05) is 14.2 Å². The SMILES string of the molecule is CON(C)C(=O)C(NC(C)=O)[C@H]1C[C@](O)(C(=O)O)C[C@@H]1N=C(N)N.O=C(O)C(F)(F)F. The number of carboxylic acids is 2. The van der Waals surface area contributed by atoms with E-state index in [4.69, 9.17) is 26.2 Å². The first-order chi connectivity index (χ1) is 14.0. The Kier molecular flexibility index (Phi) is 9.67. The molecule has 8 N–H and O–H groups in total. The van der Waals surface area contributed by atoms with Crippen LogP contribution in [0.4, 0.5) is 13.2 Å². The summed E-state index contributed by atoms with van der Waals surface area (Å²) in [6.45, 7) is 1.21. The lowest BCUT2D eigenvalue weighted by Gasteiger charge is -2.29. The average Bonchev–Trinajstić information content (AvgIpc) is 2.94. The van der Waals surface area contributed by atoms with Crippen LogP contribution in [0.1, 0.15) is 19.8 Å². The van der Waals surface area contributed by atoms with E-state index in [1.807, 2.05) is 0 Å². The summed E-state index contributed by atoms with van der Waals surface area (Å²) >= 11 is 0. The van der Waals surface area contributed by atoms with Crippen LogP contribution in [0.2, 0.25) is 0 Å². The van der Waals surface area contributed by atoms with Crippen molar-refractivity contribution < 1.29 is 52.5 Å². The first kappa shape index (κ1) is 27.9. The van der Waals surface area contributed by atoms with Crippen LogP contribution >= 0.6 is 0 Å². The molecule has 1 saturated carbocycles. The first-order valence-electron chi connectivity index (χ1n) is 8.39. The maximum absolute atomic E-state index is 12.5. The fraction of sp³-hybridized carbons (Fsp3) is 0.667. The minimum absolute atomic E-state index is 0.287. The molecule has 0 aromatic heterocycles. The van der Waals surface area contributed by atoms with Gasteiger partial charge in [-0.3, -0.25) is 14.4 Å². The molecule has 0 radical (unpaired) electrons. The summed E-state index contributed by atoms with van der Waals surface area (Å²) in [5.74, 6) is -6.48. The highest BCUT2D eigenvalue weighted by molar-refractivity contribution is 5.87. The molecule has 4 atom stereocenters. The zero-order chi connectivity index (χ0) is 24.7. The number of hydrogen-bond donors (Lipinski definition) is 6. The zero-order valence-electron chi connectivity index (χ0n) is 16.7. The number of nitrogens with zero attached hydrogens (tertiary/aromatic N) is 2. The van der Waals surface area contributed by atoms with Gasteiger partial charge in [0, 0.05) is 26.3 Å². The molecule has 1 rings (SSSR count). The van der Waals surface area contributed by atoms with Gasteiger partial charge in [-0.1, -0.05) is 0 Å². The molecule has 1 fully saturated rings. The summed E-state index contributed by atoms with van der Waals surface area (Å²) < 4.78 is 31.7. The second kappa shape index (κ2) is 10.8. The second-order valence-electron chi connectivity index (χ2n) is 6.53. The van der Waals surface area contributed by atoms with E-state index in [1.54, 1.807) is 0 Å². The molecule has 0 aromatic carbocycles. The smallest absolute Gasteiger partial charge is 0.479 e. The largest absolute Gasteiger partial charge is 0.490 e. The summed E-state index contributed by atoms with van der Waals surface area (Å²) in [5, 5.41) is 30.0. The van der Waals surface area contributed by atoms with Crippen molar-refractivity contribution in [1.82, 2.24) is 10.4 Å². The number of rotatable bonds is 6. The van der Waals surface area contributed by atoms with Crippen LogP contribution in [-0.4, -0.2) is 88.1 Å². The fourth-order valence-corrected chi connectivity index (χ4v) is 2.81. The monoisotopic (exact) mass is 459 g/mol. The Morgan fingerprint density at radius 1 is 1.23 bits per heavy atom. The maximum atomic E-state index is 12.5. The van der Waals surface area contributed by atoms with Crippen LogP contribution in [0, 0.1) is 5.92 Å². The predicted octanol–water partition coefficient (Wildman–Crippen LogP) is -1.99. The molecule has 2 amide bonds. The lowest BCUT2D eigenvalue weighted by atomic mass is 9.92. The van der Waals surface area contributed by atoms with Gasteiger partial charge in [-0.15, -0.1) is 0 Å². The number of aliphatic imine (C=N–C) groups is 1. The topological polar surface area (TPSA) is 218 Å². The van der Waals surface area contributed by atoms with E-state index in [2.05, 4.69) is 10.3 Å². The number of aliphatic carboxylic acids is 2. The van der Waals surface area contributed by atoms with E-state index in [0.717, 1.165) is 5.06 Å². The van der Waals surface area contributed by atoms with Crippen molar-refractivity contribution in [3.05, 3.63) is 0 Å². The molecule has 0 saturated heterocycles. The second-order valence-corrected chi connectivity index (χ2v) is 6.53. The molecule has 1 aliphatic carbocycles. The highest BCUT2D eigenvalue weighted by Gasteiger charge is 2.53. The number of aliphatic hydroxyl groups is 1. The molecule has 0 aromatic rings. The molecule has 31 heavy (non-hydrogen) atoms. The van der Waals surface area contributed by atoms with Crippen molar-refractivity contribution in [3.63, 3.8) is 0 Å². The minimum Gasteiger partial charge on any atom is -0.479 e.